The van der Waals surface area contributed by atoms with Crippen LogP contribution in [0.25, 0.3) is 11.3 Å². The molecule has 15 heavy (non-hydrogen) atoms. The third kappa shape index (κ3) is 1.65. The van der Waals surface area contributed by atoms with Crippen LogP contribution >= 0.6 is 0 Å². The van der Waals surface area contributed by atoms with Crippen molar-refractivity contribution in [3.05, 3.63) is 41.8 Å². The molecule has 0 spiro atoms. The number of hydrogen-bond donors (Lipinski definition) is 1. The van der Waals surface area contributed by atoms with E-state index < -0.39 is 0 Å². The summed E-state index contributed by atoms with van der Waals surface area (Å²) in [6, 6.07) is 8.54. The highest BCUT2D eigenvalue weighted by Gasteiger charge is 2.25. The Morgan fingerprint density at radius 1 is 1.27 bits per heavy atom. The predicted octanol–water partition coefficient (Wildman–Crippen LogP) is 3.09. The predicted molar refractivity (Wildman–Crippen MR) is 56.0 cm³/mol. The van der Waals surface area contributed by atoms with E-state index in [-0.39, 0.29) is 5.82 Å². The van der Waals surface area contributed by atoms with Gasteiger partial charge in [0.05, 0.1) is 5.69 Å². The van der Waals surface area contributed by atoms with Gasteiger partial charge in [-0.05, 0) is 31.0 Å². The van der Waals surface area contributed by atoms with E-state index in [0.717, 1.165) is 11.3 Å². The van der Waals surface area contributed by atoms with Gasteiger partial charge in [-0.2, -0.15) is 5.10 Å². The molecule has 0 bridgehead atoms. The van der Waals surface area contributed by atoms with Gasteiger partial charge in [0.15, 0.2) is 0 Å². The number of nitrogens with one attached hydrogen (secondary N) is 1. The molecule has 76 valence electrons. The Bertz CT molecular complexity index is 486. The normalized spacial score (nSPS) is 15.5. The maximum Gasteiger partial charge on any atom is 0.123 e. The molecule has 2 aromatic rings. The molecule has 0 aliphatic heterocycles. The van der Waals surface area contributed by atoms with Gasteiger partial charge in [0, 0.05) is 17.2 Å². The number of hydrogen-bond acceptors (Lipinski definition) is 1. The molecule has 2 nitrogen and oxygen atoms in total. The van der Waals surface area contributed by atoms with Crippen LogP contribution in [-0.2, 0) is 0 Å². The minimum Gasteiger partial charge on any atom is -0.282 e. The molecule has 1 fully saturated rings. The monoisotopic (exact) mass is 202 g/mol. The molecular weight excluding hydrogens is 191 g/mol. The van der Waals surface area contributed by atoms with Crippen molar-refractivity contribution in [3.63, 3.8) is 0 Å². The largest absolute Gasteiger partial charge is 0.282 e. The molecule has 1 heterocycles. The van der Waals surface area contributed by atoms with E-state index in [1.807, 2.05) is 12.1 Å². The van der Waals surface area contributed by atoms with Crippen molar-refractivity contribution < 1.29 is 4.39 Å². The van der Waals surface area contributed by atoms with E-state index in [4.69, 9.17) is 0 Å². The molecule has 1 aliphatic rings. The second-order valence-electron chi connectivity index (χ2n) is 3.99. The van der Waals surface area contributed by atoms with Crippen molar-refractivity contribution in [1.29, 1.82) is 0 Å². The summed E-state index contributed by atoms with van der Waals surface area (Å²) in [6.07, 6.45) is 2.48. The molecule has 3 heteroatoms. The molecule has 1 aliphatic carbocycles. The van der Waals surface area contributed by atoms with Crippen LogP contribution in [0.2, 0.25) is 0 Å². The van der Waals surface area contributed by atoms with Crippen molar-refractivity contribution >= 4 is 0 Å². The van der Waals surface area contributed by atoms with Crippen molar-refractivity contribution in [1.82, 2.24) is 10.2 Å². The van der Waals surface area contributed by atoms with Crippen molar-refractivity contribution in [2.75, 3.05) is 0 Å². The van der Waals surface area contributed by atoms with Crippen LogP contribution in [0.3, 0.4) is 0 Å². The van der Waals surface area contributed by atoms with Gasteiger partial charge in [0.1, 0.15) is 5.82 Å². The zero-order valence-electron chi connectivity index (χ0n) is 8.20. The molecule has 1 saturated carbocycles. The Hall–Kier alpha value is -1.64. The van der Waals surface area contributed by atoms with Crippen molar-refractivity contribution in [2.45, 2.75) is 18.8 Å². The van der Waals surface area contributed by atoms with Gasteiger partial charge in [0.25, 0.3) is 0 Å². The van der Waals surface area contributed by atoms with Crippen LogP contribution in [0.4, 0.5) is 4.39 Å². The lowest BCUT2D eigenvalue weighted by molar-refractivity contribution is 0.628. The Balaban J connectivity index is 1.97. The van der Waals surface area contributed by atoms with E-state index in [9.17, 15) is 4.39 Å². The average Bonchev–Trinajstić information content (AvgIpc) is 2.97. The second kappa shape index (κ2) is 3.19. The summed E-state index contributed by atoms with van der Waals surface area (Å²) in [5, 5.41) is 7.21. The number of rotatable bonds is 2. The average molecular weight is 202 g/mol. The number of aromatic nitrogens is 2. The molecule has 1 N–H and O–H groups in total. The number of aromatic amines is 1. The van der Waals surface area contributed by atoms with Gasteiger partial charge in [-0.3, -0.25) is 5.10 Å². The third-order valence-corrected chi connectivity index (χ3v) is 2.74. The summed E-state index contributed by atoms with van der Waals surface area (Å²) in [4.78, 5) is 0. The zero-order chi connectivity index (χ0) is 10.3. The van der Waals surface area contributed by atoms with Gasteiger partial charge in [-0.25, -0.2) is 4.39 Å². The summed E-state index contributed by atoms with van der Waals surface area (Å²) in [6.45, 7) is 0. The fourth-order valence-electron chi connectivity index (χ4n) is 1.74. The third-order valence-electron chi connectivity index (χ3n) is 2.74. The van der Waals surface area contributed by atoms with Crippen LogP contribution in [0, 0.1) is 5.82 Å². The lowest BCUT2D eigenvalue weighted by Gasteiger charge is -1.94. The zero-order valence-corrected chi connectivity index (χ0v) is 8.20. The van der Waals surface area contributed by atoms with Crippen LogP contribution < -0.4 is 0 Å². The highest BCUT2D eigenvalue weighted by molar-refractivity contribution is 5.59. The molecule has 0 unspecified atom stereocenters. The fraction of sp³-hybridized carbons (Fsp3) is 0.250. The molecule has 0 atom stereocenters. The van der Waals surface area contributed by atoms with Crippen LogP contribution in [0.5, 0.6) is 0 Å². The quantitative estimate of drug-likeness (QED) is 0.796. The molecular formula is C12H11FN2. The first-order valence-electron chi connectivity index (χ1n) is 5.14. The van der Waals surface area contributed by atoms with Gasteiger partial charge in [-0.15, -0.1) is 0 Å². The van der Waals surface area contributed by atoms with Gasteiger partial charge < -0.3 is 0 Å². The molecule has 0 saturated heterocycles. The summed E-state index contributed by atoms with van der Waals surface area (Å²) in [5.74, 6) is 0.434. The maximum absolute atomic E-state index is 13.0. The van der Waals surface area contributed by atoms with E-state index in [1.54, 1.807) is 6.07 Å². The first kappa shape index (κ1) is 8.65. The van der Waals surface area contributed by atoms with Crippen LogP contribution in [0.1, 0.15) is 24.5 Å². The minimum absolute atomic E-state index is 0.219. The smallest absolute Gasteiger partial charge is 0.123 e. The molecule has 0 radical (unpaired) electrons. The van der Waals surface area contributed by atoms with Gasteiger partial charge in [0.2, 0.25) is 0 Å². The minimum atomic E-state index is -0.219. The first-order valence-corrected chi connectivity index (χ1v) is 5.14. The van der Waals surface area contributed by atoms with Crippen LogP contribution in [-0.4, -0.2) is 10.2 Å². The van der Waals surface area contributed by atoms with Crippen molar-refractivity contribution in [2.24, 2.45) is 0 Å². The number of benzene rings is 1. The van der Waals surface area contributed by atoms with E-state index >= 15 is 0 Å². The molecule has 1 aromatic carbocycles. The highest BCUT2D eigenvalue weighted by Crippen LogP contribution is 2.39. The molecule has 3 rings (SSSR count). The molecule has 1 aromatic heterocycles. The van der Waals surface area contributed by atoms with Crippen LogP contribution in [0.15, 0.2) is 30.3 Å². The summed E-state index contributed by atoms with van der Waals surface area (Å²) in [5.41, 5.74) is 2.84. The topological polar surface area (TPSA) is 28.7 Å². The van der Waals surface area contributed by atoms with Crippen molar-refractivity contribution in [3.8, 4) is 11.3 Å². The van der Waals surface area contributed by atoms with Gasteiger partial charge in [-0.1, -0.05) is 12.1 Å². The second-order valence-corrected chi connectivity index (χ2v) is 3.99. The Kier molecular flexibility index (Phi) is 1.84. The lowest BCUT2D eigenvalue weighted by atomic mass is 10.1. The SMILES string of the molecule is Fc1cccc(-c2cc(C3CC3)[nH]n2)c1. The Labute approximate surface area is 87.1 Å². The lowest BCUT2D eigenvalue weighted by Crippen LogP contribution is -1.79. The van der Waals surface area contributed by atoms with Gasteiger partial charge >= 0.3 is 0 Å². The Morgan fingerprint density at radius 3 is 2.87 bits per heavy atom. The van der Waals surface area contributed by atoms with E-state index in [2.05, 4.69) is 10.2 Å². The number of H-pyrrole nitrogens is 1. The summed E-state index contributed by atoms with van der Waals surface area (Å²) in [7, 11) is 0. The van der Waals surface area contributed by atoms with E-state index in [1.165, 1.54) is 30.7 Å². The first-order chi connectivity index (χ1) is 7.33. The number of nitrogens with zero attached hydrogens (tertiary/aromatic N) is 1. The summed E-state index contributed by atoms with van der Waals surface area (Å²) >= 11 is 0. The Morgan fingerprint density at radius 2 is 2.13 bits per heavy atom. The fourth-order valence-corrected chi connectivity index (χ4v) is 1.74. The highest BCUT2D eigenvalue weighted by atomic mass is 19.1. The maximum atomic E-state index is 13.0. The molecule has 0 amide bonds. The standard InChI is InChI=1S/C12H11FN2/c13-10-3-1-2-9(6-10)12-7-11(14-15-12)8-4-5-8/h1-3,6-8H,4-5H2,(H,14,15). The summed E-state index contributed by atoms with van der Waals surface area (Å²) < 4.78 is 13.0. The van der Waals surface area contributed by atoms with E-state index in [0.29, 0.717) is 5.92 Å². The number of halogens is 1.